The summed E-state index contributed by atoms with van der Waals surface area (Å²) in [6.07, 6.45) is 1.18. The van der Waals surface area contributed by atoms with Crippen molar-refractivity contribution in [3.63, 3.8) is 0 Å². The van der Waals surface area contributed by atoms with Crippen molar-refractivity contribution in [2.45, 2.75) is 40.2 Å². The van der Waals surface area contributed by atoms with Crippen LogP contribution in [0.1, 0.15) is 31.7 Å². The van der Waals surface area contributed by atoms with E-state index in [1.54, 1.807) is 0 Å². The van der Waals surface area contributed by atoms with Crippen LogP contribution in [0.5, 0.6) is 0 Å². The quantitative estimate of drug-likeness (QED) is 0.916. The van der Waals surface area contributed by atoms with Gasteiger partial charge in [0.15, 0.2) is 0 Å². The number of nitrogens with zero attached hydrogens (tertiary/aromatic N) is 4. The number of rotatable bonds is 3. The second-order valence-electron chi connectivity index (χ2n) is 5.76. The molecule has 1 aromatic rings. The monoisotopic (exact) mass is 277 g/mol. The Labute approximate surface area is 122 Å². The first kappa shape index (κ1) is 15.0. The van der Waals surface area contributed by atoms with E-state index in [1.165, 1.54) is 6.42 Å². The lowest BCUT2D eigenvalue weighted by Crippen LogP contribution is -2.39. The van der Waals surface area contributed by atoms with Gasteiger partial charge in [0.25, 0.3) is 0 Å². The predicted molar refractivity (Wildman–Crippen MR) is 84.6 cm³/mol. The summed E-state index contributed by atoms with van der Waals surface area (Å²) in [7, 11) is 2.20. The number of aryl methyl sites for hydroxylation is 1. The van der Waals surface area contributed by atoms with Crippen LogP contribution in [0.25, 0.3) is 0 Å². The minimum Gasteiger partial charge on any atom is -0.370 e. The van der Waals surface area contributed by atoms with Crippen molar-refractivity contribution in [1.29, 1.82) is 0 Å². The van der Waals surface area contributed by atoms with Crippen LogP contribution in [0.4, 0.5) is 11.6 Å². The Hall–Kier alpha value is -1.36. The molecule has 112 valence electrons. The standard InChI is InChI=1S/C15H27N5/c1-6-16-14-12(3)15(18-13(4)17-14)20-9-7-8-19(5)10-11(20)2/h11H,6-10H2,1-5H3,(H,16,17,18). The first-order valence-corrected chi connectivity index (χ1v) is 7.57. The minimum atomic E-state index is 0.477. The van der Waals surface area contributed by atoms with Crippen molar-refractivity contribution in [3.05, 3.63) is 11.4 Å². The van der Waals surface area contributed by atoms with Crippen molar-refractivity contribution in [3.8, 4) is 0 Å². The van der Waals surface area contributed by atoms with E-state index in [9.17, 15) is 0 Å². The molecule has 0 bridgehead atoms. The van der Waals surface area contributed by atoms with Gasteiger partial charge in [0.05, 0.1) is 0 Å². The SMILES string of the molecule is CCNc1nc(C)nc(N2CCCN(C)CC2C)c1C. The summed E-state index contributed by atoms with van der Waals surface area (Å²) in [6, 6.07) is 0.477. The highest BCUT2D eigenvalue weighted by Crippen LogP contribution is 2.26. The summed E-state index contributed by atoms with van der Waals surface area (Å²) in [5.74, 6) is 2.91. The highest BCUT2D eigenvalue weighted by Gasteiger charge is 2.23. The summed E-state index contributed by atoms with van der Waals surface area (Å²) in [5, 5.41) is 3.35. The van der Waals surface area contributed by atoms with E-state index >= 15 is 0 Å². The number of aromatic nitrogens is 2. The summed E-state index contributed by atoms with van der Waals surface area (Å²) in [4.78, 5) is 14.1. The van der Waals surface area contributed by atoms with Gasteiger partial charge in [-0.05, 0) is 47.7 Å². The van der Waals surface area contributed by atoms with Crippen LogP contribution in [-0.4, -0.2) is 54.1 Å². The van der Waals surface area contributed by atoms with Gasteiger partial charge in [-0.1, -0.05) is 0 Å². The molecule has 0 amide bonds. The van der Waals surface area contributed by atoms with Crippen LogP contribution in [0.15, 0.2) is 0 Å². The molecule has 1 aliphatic heterocycles. The molecular formula is C15H27N5. The minimum absolute atomic E-state index is 0.477. The maximum absolute atomic E-state index is 4.71. The van der Waals surface area contributed by atoms with Gasteiger partial charge in [-0.2, -0.15) is 0 Å². The first-order valence-electron chi connectivity index (χ1n) is 7.57. The summed E-state index contributed by atoms with van der Waals surface area (Å²) in [5.41, 5.74) is 1.16. The van der Waals surface area contributed by atoms with Gasteiger partial charge in [0.1, 0.15) is 17.5 Å². The molecule has 1 aliphatic rings. The Morgan fingerprint density at radius 2 is 2.00 bits per heavy atom. The fourth-order valence-corrected chi connectivity index (χ4v) is 2.92. The fraction of sp³-hybridized carbons (Fsp3) is 0.733. The molecule has 0 radical (unpaired) electrons. The molecular weight excluding hydrogens is 250 g/mol. The van der Waals surface area contributed by atoms with Gasteiger partial charge in [0, 0.05) is 31.2 Å². The lowest BCUT2D eigenvalue weighted by molar-refractivity contribution is 0.337. The van der Waals surface area contributed by atoms with E-state index in [-0.39, 0.29) is 0 Å². The molecule has 2 heterocycles. The number of hydrogen-bond acceptors (Lipinski definition) is 5. The van der Waals surface area contributed by atoms with Gasteiger partial charge in [0.2, 0.25) is 0 Å². The zero-order valence-electron chi connectivity index (χ0n) is 13.4. The van der Waals surface area contributed by atoms with E-state index < -0.39 is 0 Å². The van der Waals surface area contributed by atoms with Crippen molar-refractivity contribution in [1.82, 2.24) is 14.9 Å². The van der Waals surface area contributed by atoms with Crippen LogP contribution >= 0.6 is 0 Å². The van der Waals surface area contributed by atoms with E-state index in [2.05, 4.69) is 47.9 Å². The summed E-state index contributed by atoms with van der Waals surface area (Å²) in [6.45, 7) is 12.7. The Morgan fingerprint density at radius 3 is 2.70 bits per heavy atom. The third-order valence-corrected chi connectivity index (χ3v) is 3.90. The van der Waals surface area contributed by atoms with Crippen molar-refractivity contribution >= 4 is 11.6 Å². The third-order valence-electron chi connectivity index (χ3n) is 3.90. The van der Waals surface area contributed by atoms with Crippen LogP contribution in [0, 0.1) is 13.8 Å². The van der Waals surface area contributed by atoms with Gasteiger partial charge >= 0.3 is 0 Å². The molecule has 20 heavy (non-hydrogen) atoms. The molecule has 1 N–H and O–H groups in total. The van der Waals surface area contributed by atoms with E-state index in [4.69, 9.17) is 4.98 Å². The predicted octanol–water partition coefficient (Wildman–Crippen LogP) is 2.06. The Balaban J connectivity index is 2.35. The van der Waals surface area contributed by atoms with Crippen LogP contribution in [0.3, 0.4) is 0 Å². The average Bonchev–Trinajstić information content (AvgIpc) is 2.54. The molecule has 1 fully saturated rings. The van der Waals surface area contributed by atoms with Gasteiger partial charge in [-0.15, -0.1) is 0 Å². The molecule has 1 unspecified atom stereocenters. The van der Waals surface area contributed by atoms with Crippen molar-refractivity contribution in [2.75, 3.05) is 43.4 Å². The topological polar surface area (TPSA) is 44.3 Å². The molecule has 1 atom stereocenters. The lowest BCUT2D eigenvalue weighted by Gasteiger charge is -2.31. The molecule has 0 aliphatic carbocycles. The largest absolute Gasteiger partial charge is 0.370 e. The Kier molecular flexibility index (Phi) is 4.81. The molecule has 1 aromatic heterocycles. The zero-order valence-corrected chi connectivity index (χ0v) is 13.4. The van der Waals surface area contributed by atoms with Crippen molar-refractivity contribution in [2.24, 2.45) is 0 Å². The van der Waals surface area contributed by atoms with Crippen LogP contribution in [-0.2, 0) is 0 Å². The second kappa shape index (κ2) is 6.39. The van der Waals surface area contributed by atoms with Gasteiger partial charge in [-0.25, -0.2) is 9.97 Å². The molecule has 5 heteroatoms. The molecule has 0 aromatic carbocycles. The van der Waals surface area contributed by atoms with E-state index in [0.29, 0.717) is 6.04 Å². The normalized spacial score (nSPS) is 20.9. The smallest absolute Gasteiger partial charge is 0.137 e. The maximum Gasteiger partial charge on any atom is 0.137 e. The number of nitrogens with one attached hydrogen (secondary N) is 1. The lowest BCUT2D eigenvalue weighted by atomic mass is 10.2. The highest BCUT2D eigenvalue weighted by molar-refractivity contribution is 5.59. The highest BCUT2D eigenvalue weighted by atomic mass is 15.3. The zero-order chi connectivity index (χ0) is 14.7. The van der Waals surface area contributed by atoms with Crippen LogP contribution in [0.2, 0.25) is 0 Å². The molecule has 2 rings (SSSR count). The molecule has 0 spiro atoms. The first-order chi connectivity index (χ1) is 9.52. The number of likely N-dealkylation sites (N-methyl/N-ethyl adjacent to an activating group) is 1. The number of hydrogen-bond donors (Lipinski definition) is 1. The molecule has 1 saturated heterocycles. The second-order valence-corrected chi connectivity index (χ2v) is 5.76. The Bertz CT molecular complexity index is 460. The fourth-order valence-electron chi connectivity index (χ4n) is 2.92. The third kappa shape index (κ3) is 3.20. The van der Waals surface area contributed by atoms with Crippen molar-refractivity contribution < 1.29 is 0 Å². The molecule has 5 nitrogen and oxygen atoms in total. The van der Waals surface area contributed by atoms with Crippen LogP contribution < -0.4 is 10.2 Å². The average molecular weight is 277 g/mol. The molecule has 0 saturated carbocycles. The summed E-state index contributed by atoms with van der Waals surface area (Å²) >= 11 is 0. The van der Waals surface area contributed by atoms with E-state index in [1.807, 2.05) is 6.92 Å². The number of anilines is 2. The Morgan fingerprint density at radius 1 is 1.25 bits per heavy atom. The van der Waals surface area contributed by atoms with E-state index in [0.717, 1.165) is 49.2 Å². The van der Waals surface area contributed by atoms with Gasteiger partial charge < -0.3 is 15.1 Å². The van der Waals surface area contributed by atoms with Gasteiger partial charge in [-0.3, -0.25) is 0 Å². The maximum atomic E-state index is 4.71. The summed E-state index contributed by atoms with van der Waals surface area (Å²) < 4.78 is 0.